The van der Waals surface area contributed by atoms with Crippen LogP contribution in [0.15, 0.2) is 0 Å². The van der Waals surface area contributed by atoms with E-state index in [1.807, 2.05) is 0 Å². The van der Waals surface area contributed by atoms with Crippen LogP contribution >= 0.6 is 0 Å². The molecule has 92 valence electrons. The van der Waals surface area contributed by atoms with E-state index in [0.29, 0.717) is 0 Å². The third-order valence-electron chi connectivity index (χ3n) is 1.84. The first-order valence-corrected chi connectivity index (χ1v) is 4.16. The summed E-state index contributed by atoms with van der Waals surface area (Å²) in [5.41, 5.74) is 9.29. The Balaban J connectivity index is 4.93. The zero-order valence-corrected chi connectivity index (χ0v) is 7.75. The molecule has 0 rings (SSSR count). The summed E-state index contributed by atoms with van der Waals surface area (Å²) in [4.78, 5) is 0. The molecule has 0 aromatic carbocycles. The van der Waals surface area contributed by atoms with Crippen LogP contribution in [-0.4, -0.2) is 30.9 Å². The highest BCUT2D eigenvalue weighted by Gasteiger charge is 2.70. The highest BCUT2D eigenvalue weighted by molar-refractivity contribution is 4.96. The lowest BCUT2D eigenvalue weighted by Gasteiger charge is -2.32. The van der Waals surface area contributed by atoms with Gasteiger partial charge in [0, 0.05) is 12.8 Å². The Bertz CT molecular complexity index is 186. The van der Waals surface area contributed by atoms with Crippen molar-refractivity contribution in [2.24, 2.45) is 11.5 Å². The van der Waals surface area contributed by atoms with Crippen LogP contribution in [0, 0.1) is 0 Å². The van der Waals surface area contributed by atoms with Gasteiger partial charge < -0.3 is 11.5 Å². The molecule has 0 heterocycles. The Morgan fingerprint density at radius 1 is 0.667 bits per heavy atom. The SMILES string of the molecule is NCCC(F)(F)C(F)(F)C(F)(F)CCN. The predicted octanol–water partition coefficient (Wildman–Crippen LogP) is 1.59. The number of alkyl halides is 6. The molecule has 0 atom stereocenters. The smallest absolute Gasteiger partial charge is 0.330 e. The van der Waals surface area contributed by atoms with Gasteiger partial charge >= 0.3 is 17.8 Å². The molecule has 0 aromatic heterocycles. The molecule has 4 N–H and O–H groups in total. The molecule has 0 radical (unpaired) electrons. The average Bonchev–Trinajstić information content (AvgIpc) is 2.03. The maximum atomic E-state index is 12.7. The van der Waals surface area contributed by atoms with Crippen LogP contribution in [0.5, 0.6) is 0 Å². The predicted molar refractivity (Wildman–Crippen MR) is 42.2 cm³/mol. The van der Waals surface area contributed by atoms with E-state index < -0.39 is 43.7 Å². The quantitative estimate of drug-likeness (QED) is 0.690. The molecule has 15 heavy (non-hydrogen) atoms. The molecular weight excluding hydrogens is 226 g/mol. The summed E-state index contributed by atoms with van der Waals surface area (Å²) in [5, 5.41) is 0. The van der Waals surface area contributed by atoms with Crippen molar-refractivity contribution in [3.8, 4) is 0 Å². The summed E-state index contributed by atoms with van der Waals surface area (Å²) < 4.78 is 76.2. The van der Waals surface area contributed by atoms with Crippen molar-refractivity contribution in [3.05, 3.63) is 0 Å². The van der Waals surface area contributed by atoms with Crippen molar-refractivity contribution in [1.82, 2.24) is 0 Å². The summed E-state index contributed by atoms with van der Waals surface area (Å²) >= 11 is 0. The zero-order chi connectivity index (χ0) is 12.3. The number of nitrogens with two attached hydrogens (primary N) is 2. The molecule has 0 spiro atoms. The minimum absolute atomic E-state index is 0.804. The standard InChI is InChI=1S/C7H12F6N2/c8-5(9,1-3-14)7(12,13)6(10,11)2-4-15/h1-4,14-15H2. The molecule has 2 nitrogen and oxygen atoms in total. The Hall–Kier alpha value is -0.500. The molecule has 0 aromatic rings. The molecule has 0 saturated heterocycles. The van der Waals surface area contributed by atoms with Crippen molar-refractivity contribution >= 4 is 0 Å². The molecule has 0 bridgehead atoms. The maximum Gasteiger partial charge on any atom is 0.371 e. The second-order valence-electron chi connectivity index (χ2n) is 3.06. The van der Waals surface area contributed by atoms with Crippen LogP contribution in [0.1, 0.15) is 12.8 Å². The second-order valence-corrected chi connectivity index (χ2v) is 3.06. The van der Waals surface area contributed by atoms with Crippen LogP contribution in [0.2, 0.25) is 0 Å². The number of hydrogen-bond acceptors (Lipinski definition) is 2. The van der Waals surface area contributed by atoms with Gasteiger partial charge in [-0.1, -0.05) is 0 Å². The average molecular weight is 238 g/mol. The van der Waals surface area contributed by atoms with E-state index in [1.165, 1.54) is 0 Å². The third kappa shape index (κ3) is 2.75. The van der Waals surface area contributed by atoms with Crippen molar-refractivity contribution in [2.45, 2.75) is 30.6 Å². The lowest BCUT2D eigenvalue weighted by molar-refractivity contribution is -0.310. The largest absolute Gasteiger partial charge is 0.371 e. The molecule has 0 aliphatic rings. The Morgan fingerprint density at radius 2 is 0.933 bits per heavy atom. The summed E-state index contributed by atoms with van der Waals surface area (Å²) in [6, 6.07) is 0. The van der Waals surface area contributed by atoms with E-state index in [1.54, 1.807) is 0 Å². The molecule has 0 fully saturated rings. The van der Waals surface area contributed by atoms with Crippen molar-refractivity contribution < 1.29 is 26.3 Å². The molecule has 0 amide bonds. The normalized spacial score (nSPS) is 14.4. The second kappa shape index (κ2) is 4.56. The van der Waals surface area contributed by atoms with Gasteiger partial charge in [-0.25, -0.2) is 0 Å². The van der Waals surface area contributed by atoms with E-state index in [2.05, 4.69) is 11.5 Å². The third-order valence-corrected chi connectivity index (χ3v) is 1.84. The summed E-state index contributed by atoms with van der Waals surface area (Å²) in [5.74, 6) is -15.1. The van der Waals surface area contributed by atoms with E-state index in [9.17, 15) is 26.3 Å². The minimum Gasteiger partial charge on any atom is -0.330 e. The summed E-state index contributed by atoms with van der Waals surface area (Å²) in [6.07, 6.45) is -3.00. The number of rotatable bonds is 6. The highest BCUT2D eigenvalue weighted by atomic mass is 19.3. The van der Waals surface area contributed by atoms with Crippen LogP contribution in [0.25, 0.3) is 0 Å². The Morgan fingerprint density at radius 3 is 1.13 bits per heavy atom. The van der Waals surface area contributed by atoms with E-state index in [-0.39, 0.29) is 0 Å². The monoisotopic (exact) mass is 238 g/mol. The lowest BCUT2D eigenvalue weighted by Crippen LogP contribution is -2.55. The summed E-state index contributed by atoms with van der Waals surface area (Å²) in [7, 11) is 0. The van der Waals surface area contributed by atoms with Gasteiger partial charge in [0.25, 0.3) is 0 Å². The Labute approximate surface area is 82.6 Å². The van der Waals surface area contributed by atoms with Crippen molar-refractivity contribution in [3.63, 3.8) is 0 Å². The lowest BCUT2D eigenvalue weighted by atomic mass is 9.99. The highest BCUT2D eigenvalue weighted by Crippen LogP contribution is 2.48. The van der Waals surface area contributed by atoms with Crippen LogP contribution in [0.4, 0.5) is 26.3 Å². The first-order valence-electron chi connectivity index (χ1n) is 4.16. The first kappa shape index (κ1) is 14.5. The van der Waals surface area contributed by atoms with Gasteiger partial charge in [-0.3, -0.25) is 0 Å². The molecule has 0 aliphatic heterocycles. The van der Waals surface area contributed by atoms with Crippen LogP contribution in [-0.2, 0) is 0 Å². The van der Waals surface area contributed by atoms with E-state index in [4.69, 9.17) is 0 Å². The zero-order valence-electron chi connectivity index (χ0n) is 7.75. The van der Waals surface area contributed by atoms with Gasteiger partial charge in [-0.15, -0.1) is 0 Å². The molecule has 8 heteroatoms. The fourth-order valence-corrected chi connectivity index (χ4v) is 0.944. The van der Waals surface area contributed by atoms with E-state index >= 15 is 0 Å². The topological polar surface area (TPSA) is 52.0 Å². The minimum atomic E-state index is -5.43. The number of halogens is 6. The molecule has 0 unspecified atom stereocenters. The first-order chi connectivity index (χ1) is 6.62. The van der Waals surface area contributed by atoms with Gasteiger partial charge in [-0.05, 0) is 13.1 Å². The number of hydrogen-bond donors (Lipinski definition) is 2. The fraction of sp³-hybridized carbons (Fsp3) is 1.00. The Kier molecular flexibility index (Phi) is 4.41. The molecule has 0 aliphatic carbocycles. The van der Waals surface area contributed by atoms with E-state index in [0.717, 1.165) is 0 Å². The van der Waals surface area contributed by atoms with Crippen LogP contribution in [0.3, 0.4) is 0 Å². The fourth-order valence-electron chi connectivity index (χ4n) is 0.944. The van der Waals surface area contributed by atoms with Gasteiger partial charge in [0.05, 0.1) is 0 Å². The molecular formula is C7H12F6N2. The van der Waals surface area contributed by atoms with Gasteiger partial charge in [0.2, 0.25) is 0 Å². The maximum absolute atomic E-state index is 12.7. The van der Waals surface area contributed by atoms with Crippen LogP contribution < -0.4 is 11.5 Å². The van der Waals surface area contributed by atoms with Gasteiger partial charge in [0.15, 0.2) is 0 Å². The van der Waals surface area contributed by atoms with Crippen molar-refractivity contribution in [2.75, 3.05) is 13.1 Å². The molecule has 0 saturated carbocycles. The van der Waals surface area contributed by atoms with Gasteiger partial charge in [0.1, 0.15) is 0 Å². The van der Waals surface area contributed by atoms with Crippen molar-refractivity contribution in [1.29, 1.82) is 0 Å². The van der Waals surface area contributed by atoms with Gasteiger partial charge in [-0.2, -0.15) is 26.3 Å². The summed E-state index contributed by atoms with van der Waals surface area (Å²) in [6.45, 7) is -1.61.